The number of amides is 2. The lowest BCUT2D eigenvalue weighted by Gasteiger charge is -2.28. The first-order valence-corrected chi connectivity index (χ1v) is 5.92. The topological polar surface area (TPSA) is 70.1 Å². The summed E-state index contributed by atoms with van der Waals surface area (Å²) in [6.07, 6.45) is 2.32. The van der Waals surface area contributed by atoms with Crippen molar-refractivity contribution in [2.45, 2.75) is 13.3 Å². The average Bonchev–Trinajstić information content (AvgIpc) is 2.32. The molecule has 0 spiro atoms. The highest BCUT2D eigenvalue weighted by Crippen LogP contribution is 2.01. The third-order valence-corrected chi connectivity index (χ3v) is 2.28. The molecule has 0 aliphatic rings. The van der Waals surface area contributed by atoms with Crippen LogP contribution in [0, 0.1) is 0 Å². The molecule has 0 saturated heterocycles. The number of hydrogen-bond acceptors (Lipinski definition) is 3. The minimum Gasteiger partial charge on any atom is -0.480 e. The van der Waals surface area contributed by atoms with Crippen molar-refractivity contribution in [2.24, 2.45) is 0 Å². The molecule has 0 radical (unpaired) electrons. The van der Waals surface area contributed by atoms with Crippen LogP contribution < -0.4 is 0 Å². The first-order chi connectivity index (χ1) is 8.56. The second-order valence-electron chi connectivity index (χ2n) is 3.83. The Kier molecular flexibility index (Phi) is 8.65. The van der Waals surface area contributed by atoms with E-state index in [1.54, 1.807) is 13.2 Å². The molecule has 0 aliphatic carbocycles. The maximum atomic E-state index is 12.1. The Labute approximate surface area is 108 Å². The summed E-state index contributed by atoms with van der Waals surface area (Å²) >= 11 is 0. The molecule has 104 valence electrons. The maximum Gasteiger partial charge on any atom is 0.323 e. The lowest BCUT2D eigenvalue weighted by molar-refractivity contribution is -0.137. The average molecular weight is 258 g/mol. The van der Waals surface area contributed by atoms with Crippen molar-refractivity contribution < 1.29 is 19.4 Å². The van der Waals surface area contributed by atoms with E-state index in [-0.39, 0.29) is 12.6 Å². The molecule has 0 aromatic rings. The van der Waals surface area contributed by atoms with E-state index in [1.165, 1.54) is 9.80 Å². The number of methoxy groups -OCH3 is 1. The molecule has 0 aromatic carbocycles. The third kappa shape index (κ3) is 6.24. The van der Waals surface area contributed by atoms with Gasteiger partial charge in [-0.25, -0.2) is 4.79 Å². The van der Waals surface area contributed by atoms with E-state index in [4.69, 9.17) is 9.84 Å². The number of ether oxygens (including phenoxy) is 1. The molecule has 0 heterocycles. The van der Waals surface area contributed by atoms with Crippen molar-refractivity contribution in [3.05, 3.63) is 12.7 Å². The zero-order valence-corrected chi connectivity index (χ0v) is 11.1. The summed E-state index contributed by atoms with van der Waals surface area (Å²) in [5.74, 6) is -1.01. The standard InChI is InChI=1S/C12H22N2O4/c1-4-6-13(8-9-18-3)12(17)14(7-5-2)10-11(15)16/h4H,1,5-10H2,2-3H3,(H,15,16). The molecule has 6 heteroatoms. The van der Waals surface area contributed by atoms with Crippen LogP contribution in [-0.2, 0) is 9.53 Å². The summed E-state index contributed by atoms with van der Waals surface area (Å²) in [5.41, 5.74) is 0. The number of carbonyl (C=O) groups is 2. The number of hydrogen-bond donors (Lipinski definition) is 1. The Hall–Kier alpha value is -1.56. The minimum absolute atomic E-state index is 0.284. The maximum absolute atomic E-state index is 12.1. The van der Waals surface area contributed by atoms with Gasteiger partial charge in [-0.15, -0.1) is 6.58 Å². The lowest BCUT2D eigenvalue weighted by atomic mass is 10.4. The molecule has 1 N–H and O–H groups in total. The van der Waals surface area contributed by atoms with Gasteiger partial charge in [-0.05, 0) is 6.42 Å². The van der Waals surface area contributed by atoms with Gasteiger partial charge in [0.15, 0.2) is 0 Å². The van der Waals surface area contributed by atoms with Gasteiger partial charge >= 0.3 is 12.0 Å². The largest absolute Gasteiger partial charge is 0.480 e. The van der Waals surface area contributed by atoms with Gasteiger partial charge in [0.1, 0.15) is 6.54 Å². The summed E-state index contributed by atoms with van der Waals surface area (Å²) in [4.78, 5) is 25.7. The monoisotopic (exact) mass is 258 g/mol. The van der Waals surface area contributed by atoms with Crippen LogP contribution in [0.3, 0.4) is 0 Å². The predicted molar refractivity (Wildman–Crippen MR) is 68.5 cm³/mol. The van der Waals surface area contributed by atoms with E-state index in [2.05, 4.69) is 6.58 Å². The Morgan fingerprint density at radius 1 is 1.33 bits per heavy atom. The Morgan fingerprint density at radius 2 is 2.00 bits per heavy atom. The number of carbonyl (C=O) groups excluding carboxylic acids is 1. The van der Waals surface area contributed by atoms with Crippen LogP contribution in [0.5, 0.6) is 0 Å². The molecular formula is C12H22N2O4. The van der Waals surface area contributed by atoms with Crippen LogP contribution >= 0.6 is 0 Å². The Balaban J connectivity index is 4.63. The van der Waals surface area contributed by atoms with E-state index in [1.807, 2.05) is 6.92 Å². The van der Waals surface area contributed by atoms with E-state index >= 15 is 0 Å². The SMILES string of the molecule is C=CCN(CCOC)C(=O)N(CCC)CC(=O)O. The molecular weight excluding hydrogens is 236 g/mol. The number of carboxylic acids is 1. The molecule has 0 unspecified atom stereocenters. The number of aliphatic carboxylic acids is 1. The van der Waals surface area contributed by atoms with E-state index in [0.717, 1.165) is 0 Å². The molecule has 0 aliphatic heterocycles. The van der Waals surface area contributed by atoms with Gasteiger partial charge in [0.2, 0.25) is 0 Å². The van der Waals surface area contributed by atoms with Crippen LogP contribution in [0.15, 0.2) is 12.7 Å². The molecule has 0 aromatic heterocycles. The van der Waals surface area contributed by atoms with Crippen LogP contribution in [0.25, 0.3) is 0 Å². The fourth-order valence-corrected chi connectivity index (χ4v) is 1.50. The molecule has 0 bridgehead atoms. The molecule has 6 nitrogen and oxygen atoms in total. The van der Waals surface area contributed by atoms with Crippen LogP contribution in [-0.4, -0.2) is 66.8 Å². The second-order valence-corrected chi connectivity index (χ2v) is 3.83. The second kappa shape index (κ2) is 9.47. The zero-order chi connectivity index (χ0) is 14.0. The number of urea groups is 1. The van der Waals surface area contributed by atoms with Crippen LogP contribution in [0.4, 0.5) is 4.79 Å². The smallest absolute Gasteiger partial charge is 0.323 e. The highest BCUT2D eigenvalue weighted by molar-refractivity contribution is 5.80. The molecule has 0 rings (SSSR count). The van der Waals surface area contributed by atoms with E-state index < -0.39 is 5.97 Å². The Bertz CT molecular complexity index is 281. The number of nitrogens with zero attached hydrogens (tertiary/aromatic N) is 2. The normalized spacial score (nSPS) is 9.89. The fraction of sp³-hybridized carbons (Fsp3) is 0.667. The van der Waals surface area contributed by atoms with Crippen LogP contribution in [0.1, 0.15) is 13.3 Å². The minimum atomic E-state index is -1.01. The molecule has 18 heavy (non-hydrogen) atoms. The molecule has 0 atom stereocenters. The van der Waals surface area contributed by atoms with Crippen molar-refractivity contribution in [2.75, 3.05) is 39.9 Å². The Morgan fingerprint density at radius 3 is 2.44 bits per heavy atom. The highest BCUT2D eigenvalue weighted by atomic mass is 16.5. The van der Waals surface area contributed by atoms with Crippen LogP contribution in [0.2, 0.25) is 0 Å². The quantitative estimate of drug-likeness (QED) is 0.627. The van der Waals surface area contributed by atoms with E-state index in [0.29, 0.717) is 32.7 Å². The van der Waals surface area contributed by atoms with Gasteiger partial charge in [-0.1, -0.05) is 13.0 Å². The van der Waals surface area contributed by atoms with Crippen molar-refractivity contribution in [3.63, 3.8) is 0 Å². The summed E-state index contributed by atoms with van der Waals surface area (Å²) < 4.78 is 4.93. The zero-order valence-electron chi connectivity index (χ0n) is 11.1. The van der Waals surface area contributed by atoms with Gasteiger partial charge in [-0.2, -0.15) is 0 Å². The van der Waals surface area contributed by atoms with Gasteiger partial charge in [0.25, 0.3) is 0 Å². The lowest BCUT2D eigenvalue weighted by Crippen LogP contribution is -2.46. The molecule has 0 saturated carbocycles. The van der Waals surface area contributed by atoms with Crippen molar-refractivity contribution in [1.82, 2.24) is 9.80 Å². The van der Waals surface area contributed by atoms with Crippen molar-refractivity contribution in [3.8, 4) is 0 Å². The number of rotatable bonds is 9. The summed E-state index contributed by atoms with van der Waals surface area (Å²) in [5, 5.41) is 8.79. The molecule has 0 fully saturated rings. The summed E-state index contributed by atoms with van der Waals surface area (Å²) in [6, 6.07) is -0.295. The van der Waals surface area contributed by atoms with Gasteiger partial charge in [0.05, 0.1) is 6.61 Å². The van der Waals surface area contributed by atoms with Gasteiger partial charge < -0.3 is 19.6 Å². The van der Waals surface area contributed by atoms with E-state index in [9.17, 15) is 9.59 Å². The first kappa shape index (κ1) is 16.4. The van der Waals surface area contributed by atoms with Crippen molar-refractivity contribution in [1.29, 1.82) is 0 Å². The summed E-state index contributed by atoms with van der Waals surface area (Å²) in [7, 11) is 1.55. The van der Waals surface area contributed by atoms with Crippen molar-refractivity contribution >= 4 is 12.0 Å². The predicted octanol–water partition coefficient (Wildman–Crippen LogP) is 1.04. The highest BCUT2D eigenvalue weighted by Gasteiger charge is 2.21. The first-order valence-electron chi connectivity index (χ1n) is 5.92. The fourth-order valence-electron chi connectivity index (χ4n) is 1.50. The molecule has 2 amide bonds. The number of carboxylic acid groups (broad SMARTS) is 1. The van der Waals surface area contributed by atoms with Gasteiger partial charge in [0, 0.05) is 26.7 Å². The van der Waals surface area contributed by atoms with Gasteiger partial charge in [-0.3, -0.25) is 4.79 Å². The third-order valence-electron chi connectivity index (χ3n) is 2.28. The summed E-state index contributed by atoms with van der Waals surface area (Å²) in [6.45, 7) is 6.83.